The molecule has 0 fully saturated rings. The van der Waals surface area contributed by atoms with Crippen molar-refractivity contribution in [1.82, 2.24) is 10.2 Å². The lowest BCUT2D eigenvalue weighted by atomic mass is 10.2. The van der Waals surface area contributed by atoms with Crippen LogP contribution in [0.3, 0.4) is 0 Å². The Morgan fingerprint density at radius 3 is 2.04 bits per heavy atom. The fourth-order valence-electron chi connectivity index (χ4n) is 1.89. The van der Waals surface area contributed by atoms with E-state index in [4.69, 9.17) is 12.2 Å². The van der Waals surface area contributed by atoms with Gasteiger partial charge in [-0.15, -0.1) is 0 Å². The number of benzene rings is 2. The van der Waals surface area contributed by atoms with Crippen molar-refractivity contribution in [3.8, 4) is 0 Å². The summed E-state index contributed by atoms with van der Waals surface area (Å²) in [5, 5.41) is 5.46. The molecule has 24 heavy (non-hydrogen) atoms. The SMILES string of the molecule is CN(C)C(=O)c1ccc(NC(=S)NC(=O)c2ccc(F)cc2)cc1. The molecule has 0 aliphatic heterocycles. The molecular formula is C17H16FN3O2S. The monoisotopic (exact) mass is 345 g/mol. The standard InChI is InChI=1S/C17H16FN3O2S/c1-21(2)16(23)12-5-9-14(10-6-12)19-17(24)20-15(22)11-3-7-13(18)8-4-11/h3-10H,1-2H3,(H2,19,20,22,24). The Hall–Kier alpha value is -2.80. The predicted octanol–water partition coefficient (Wildman–Crippen LogP) is 2.65. The van der Waals surface area contributed by atoms with Crippen molar-refractivity contribution in [2.24, 2.45) is 0 Å². The Balaban J connectivity index is 1.96. The molecule has 0 heterocycles. The predicted molar refractivity (Wildman–Crippen MR) is 94.5 cm³/mol. The first-order valence-corrected chi connectivity index (χ1v) is 7.47. The molecule has 0 atom stereocenters. The van der Waals surface area contributed by atoms with Crippen molar-refractivity contribution < 1.29 is 14.0 Å². The van der Waals surface area contributed by atoms with Gasteiger partial charge in [0.05, 0.1) is 0 Å². The fraction of sp³-hybridized carbons (Fsp3) is 0.118. The summed E-state index contributed by atoms with van der Waals surface area (Å²) in [5.74, 6) is -0.958. The number of nitrogens with zero attached hydrogens (tertiary/aromatic N) is 1. The minimum absolute atomic E-state index is 0.103. The molecule has 7 heteroatoms. The normalized spacial score (nSPS) is 9.96. The molecule has 0 radical (unpaired) electrons. The maximum atomic E-state index is 12.8. The van der Waals surface area contributed by atoms with Crippen molar-refractivity contribution in [1.29, 1.82) is 0 Å². The number of anilines is 1. The van der Waals surface area contributed by atoms with Gasteiger partial charge in [0.2, 0.25) is 0 Å². The van der Waals surface area contributed by atoms with Gasteiger partial charge in [-0.05, 0) is 60.7 Å². The van der Waals surface area contributed by atoms with Gasteiger partial charge in [-0.1, -0.05) is 0 Å². The molecule has 0 aliphatic carbocycles. The van der Waals surface area contributed by atoms with Crippen LogP contribution in [0.25, 0.3) is 0 Å². The average molecular weight is 345 g/mol. The highest BCUT2D eigenvalue weighted by molar-refractivity contribution is 7.80. The van der Waals surface area contributed by atoms with E-state index < -0.39 is 11.7 Å². The molecular weight excluding hydrogens is 329 g/mol. The second kappa shape index (κ2) is 7.65. The third kappa shape index (κ3) is 4.60. The van der Waals surface area contributed by atoms with E-state index in [0.29, 0.717) is 16.8 Å². The minimum atomic E-state index is -0.438. The van der Waals surface area contributed by atoms with E-state index in [0.717, 1.165) is 0 Å². The number of amides is 2. The van der Waals surface area contributed by atoms with E-state index in [-0.39, 0.29) is 11.0 Å². The lowest BCUT2D eigenvalue weighted by Gasteiger charge is -2.12. The quantitative estimate of drug-likeness (QED) is 0.840. The molecule has 0 saturated carbocycles. The molecule has 2 N–H and O–H groups in total. The van der Waals surface area contributed by atoms with Crippen LogP contribution >= 0.6 is 12.2 Å². The number of nitrogens with one attached hydrogen (secondary N) is 2. The third-order valence-electron chi connectivity index (χ3n) is 3.13. The topological polar surface area (TPSA) is 61.4 Å². The molecule has 0 aliphatic rings. The molecule has 0 saturated heterocycles. The molecule has 0 bridgehead atoms. The highest BCUT2D eigenvalue weighted by atomic mass is 32.1. The first kappa shape index (κ1) is 17.6. The highest BCUT2D eigenvalue weighted by Gasteiger charge is 2.10. The summed E-state index contributed by atoms with van der Waals surface area (Å²) in [6.45, 7) is 0. The summed E-state index contributed by atoms with van der Waals surface area (Å²) in [4.78, 5) is 25.2. The summed E-state index contributed by atoms with van der Waals surface area (Å²) in [7, 11) is 3.35. The van der Waals surface area contributed by atoms with Gasteiger partial charge in [-0.2, -0.15) is 0 Å². The van der Waals surface area contributed by atoms with E-state index in [9.17, 15) is 14.0 Å². The van der Waals surface area contributed by atoms with E-state index in [1.807, 2.05) is 0 Å². The van der Waals surface area contributed by atoms with Crippen LogP contribution in [0.15, 0.2) is 48.5 Å². The summed E-state index contributed by atoms with van der Waals surface area (Å²) >= 11 is 5.07. The molecule has 2 rings (SSSR count). The van der Waals surface area contributed by atoms with Gasteiger partial charge in [-0.25, -0.2) is 4.39 Å². The van der Waals surface area contributed by atoms with Gasteiger partial charge in [0.25, 0.3) is 11.8 Å². The average Bonchev–Trinajstić information content (AvgIpc) is 2.55. The first-order chi connectivity index (χ1) is 11.4. The van der Waals surface area contributed by atoms with Crippen molar-refractivity contribution in [3.63, 3.8) is 0 Å². The lowest BCUT2D eigenvalue weighted by Crippen LogP contribution is -2.34. The van der Waals surface area contributed by atoms with Crippen LogP contribution in [0.1, 0.15) is 20.7 Å². The van der Waals surface area contributed by atoms with Gasteiger partial charge >= 0.3 is 0 Å². The number of carbonyl (C=O) groups is 2. The Morgan fingerprint density at radius 1 is 0.958 bits per heavy atom. The zero-order chi connectivity index (χ0) is 17.7. The van der Waals surface area contributed by atoms with Gasteiger partial charge in [0.1, 0.15) is 5.82 Å². The molecule has 0 spiro atoms. The van der Waals surface area contributed by atoms with Crippen LogP contribution in [0, 0.1) is 5.82 Å². The fourth-order valence-corrected chi connectivity index (χ4v) is 2.10. The zero-order valence-electron chi connectivity index (χ0n) is 13.2. The Bertz CT molecular complexity index is 758. The molecule has 0 aromatic heterocycles. The number of carbonyl (C=O) groups excluding carboxylic acids is 2. The Morgan fingerprint density at radius 2 is 1.50 bits per heavy atom. The second-order valence-corrected chi connectivity index (χ2v) is 5.60. The first-order valence-electron chi connectivity index (χ1n) is 7.06. The third-order valence-corrected chi connectivity index (χ3v) is 3.33. The van der Waals surface area contributed by atoms with Crippen molar-refractivity contribution >= 4 is 34.8 Å². The summed E-state index contributed by atoms with van der Waals surface area (Å²) in [6, 6.07) is 11.8. The summed E-state index contributed by atoms with van der Waals surface area (Å²) in [5.41, 5.74) is 1.48. The van der Waals surface area contributed by atoms with Crippen LogP contribution in [-0.2, 0) is 0 Å². The smallest absolute Gasteiger partial charge is 0.257 e. The molecule has 124 valence electrons. The van der Waals surface area contributed by atoms with Crippen molar-refractivity contribution in [2.45, 2.75) is 0 Å². The van der Waals surface area contributed by atoms with Crippen LogP contribution < -0.4 is 10.6 Å². The molecule has 2 amide bonds. The minimum Gasteiger partial charge on any atom is -0.345 e. The van der Waals surface area contributed by atoms with Crippen molar-refractivity contribution in [2.75, 3.05) is 19.4 Å². The number of halogens is 1. The Labute approximate surface area is 144 Å². The highest BCUT2D eigenvalue weighted by Crippen LogP contribution is 2.11. The largest absolute Gasteiger partial charge is 0.345 e. The molecule has 2 aromatic carbocycles. The number of rotatable bonds is 3. The van der Waals surface area contributed by atoms with Crippen LogP contribution in [0.2, 0.25) is 0 Å². The van der Waals surface area contributed by atoms with Gasteiger partial charge < -0.3 is 10.2 Å². The summed E-state index contributed by atoms with van der Waals surface area (Å²) < 4.78 is 12.8. The Kier molecular flexibility index (Phi) is 5.59. The van der Waals surface area contributed by atoms with Crippen LogP contribution in [0.5, 0.6) is 0 Å². The zero-order valence-corrected chi connectivity index (χ0v) is 14.0. The van der Waals surface area contributed by atoms with E-state index in [2.05, 4.69) is 10.6 Å². The van der Waals surface area contributed by atoms with E-state index in [1.54, 1.807) is 38.4 Å². The maximum Gasteiger partial charge on any atom is 0.257 e. The van der Waals surface area contributed by atoms with Gasteiger partial charge in [0.15, 0.2) is 5.11 Å². The molecule has 5 nitrogen and oxygen atoms in total. The van der Waals surface area contributed by atoms with Crippen LogP contribution in [0.4, 0.5) is 10.1 Å². The van der Waals surface area contributed by atoms with E-state index >= 15 is 0 Å². The molecule has 2 aromatic rings. The van der Waals surface area contributed by atoms with Gasteiger partial charge in [-0.3, -0.25) is 14.9 Å². The summed E-state index contributed by atoms with van der Waals surface area (Å²) in [6.07, 6.45) is 0. The number of hydrogen-bond acceptors (Lipinski definition) is 3. The molecule has 0 unspecified atom stereocenters. The van der Waals surface area contributed by atoms with Gasteiger partial charge in [0, 0.05) is 30.9 Å². The second-order valence-electron chi connectivity index (χ2n) is 5.19. The van der Waals surface area contributed by atoms with Crippen LogP contribution in [-0.4, -0.2) is 35.9 Å². The van der Waals surface area contributed by atoms with E-state index in [1.165, 1.54) is 29.2 Å². The maximum absolute atomic E-state index is 12.8. The number of hydrogen-bond donors (Lipinski definition) is 2. The number of thiocarbonyl (C=S) groups is 1. The van der Waals surface area contributed by atoms with Crippen molar-refractivity contribution in [3.05, 3.63) is 65.5 Å². The lowest BCUT2D eigenvalue weighted by molar-refractivity contribution is 0.0827.